The van der Waals surface area contributed by atoms with E-state index in [0.29, 0.717) is 6.01 Å². The molecule has 0 radical (unpaired) electrons. The molecule has 5 nitrogen and oxygen atoms in total. The summed E-state index contributed by atoms with van der Waals surface area (Å²) in [7, 11) is 1.88. The van der Waals surface area contributed by atoms with Crippen LogP contribution >= 0.6 is 11.3 Å². The third-order valence-corrected chi connectivity index (χ3v) is 2.59. The van der Waals surface area contributed by atoms with Gasteiger partial charge in [0.15, 0.2) is 0 Å². The molecule has 2 rings (SSSR count). The van der Waals surface area contributed by atoms with Crippen molar-refractivity contribution in [2.75, 3.05) is 17.7 Å². The largest absolute Gasteiger partial charge is 0.390 e. The van der Waals surface area contributed by atoms with Gasteiger partial charge in [0.1, 0.15) is 0 Å². The minimum atomic E-state index is 0.0954. The molecule has 2 aromatic heterocycles. The van der Waals surface area contributed by atoms with Gasteiger partial charge in [-0.25, -0.2) is 0 Å². The first-order valence-electron chi connectivity index (χ1n) is 4.08. The average molecular weight is 210 g/mol. The van der Waals surface area contributed by atoms with Crippen molar-refractivity contribution in [2.45, 2.75) is 6.54 Å². The summed E-state index contributed by atoms with van der Waals surface area (Å²) >= 11 is 1.69. The molecule has 0 unspecified atom stereocenters. The van der Waals surface area contributed by atoms with Gasteiger partial charge in [-0.05, 0) is 11.4 Å². The summed E-state index contributed by atoms with van der Waals surface area (Å²) in [5.74, 6) is 0. The van der Waals surface area contributed by atoms with E-state index in [2.05, 4.69) is 16.3 Å². The van der Waals surface area contributed by atoms with Gasteiger partial charge >= 0.3 is 12.0 Å². The molecule has 0 aromatic carbocycles. The Morgan fingerprint density at radius 1 is 1.57 bits per heavy atom. The molecule has 0 aliphatic heterocycles. The Kier molecular flexibility index (Phi) is 2.36. The fourth-order valence-electron chi connectivity index (χ4n) is 1.08. The second-order valence-electron chi connectivity index (χ2n) is 2.86. The molecule has 0 bridgehead atoms. The van der Waals surface area contributed by atoms with Gasteiger partial charge in [0.2, 0.25) is 0 Å². The number of rotatable bonds is 3. The normalized spacial score (nSPS) is 10.4. The Labute approximate surface area is 85.2 Å². The van der Waals surface area contributed by atoms with Gasteiger partial charge in [-0.3, -0.25) is 0 Å². The lowest BCUT2D eigenvalue weighted by Crippen LogP contribution is -2.15. The second-order valence-corrected chi connectivity index (χ2v) is 3.89. The van der Waals surface area contributed by atoms with Crippen LogP contribution in [0, 0.1) is 0 Å². The van der Waals surface area contributed by atoms with Crippen LogP contribution in [0.25, 0.3) is 0 Å². The van der Waals surface area contributed by atoms with E-state index in [-0.39, 0.29) is 6.01 Å². The summed E-state index contributed by atoms with van der Waals surface area (Å²) in [6.07, 6.45) is 0. The van der Waals surface area contributed by atoms with E-state index in [4.69, 9.17) is 10.2 Å². The molecule has 0 saturated heterocycles. The van der Waals surface area contributed by atoms with Crippen molar-refractivity contribution in [1.82, 2.24) is 10.2 Å². The van der Waals surface area contributed by atoms with Crippen LogP contribution in [0.5, 0.6) is 0 Å². The van der Waals surface area contributed by atoms with Crippen LogP contribution in [0.4, 0.5) is 12.0 Å². The molecule has 0 saturated carbocycles. The number of nitrogens with two attached hydrogens (primary N) is 1. The Hall–Kier alpha value is -1.56. The number of hydrogen-bond acceptors (Lipinski definition) is 6. The van der Waals surface area contributed by atoms with Crippen LogP contribution in [-0.2, 0) is 6.54 Å². The summed E-state index contributed by atoms with van der Waals surface area (Å²) in [5, 5.41) is 9.41. The number of nitrogens with zero attached hydrogens (tertiary/aromatic N) is 3. The van der Waals surface area contributed by atoms with Gasteiger partial charge in [0.05, 0.1) is 6.54 Å². The van der Waals surface area contributed by atoms with Crippen LogP contribution < -0.4 is 10.6 Å². The van der Waals surface area contributed by atoms with Crippen molar-refractivity contribution in [3.63, 3.8) is 0 Å². The van der Waals surface area contributed by atoms with Crippen LogP contribution in [-0.4, -0.2) is 17.2 Å². The number of nitrogen functional groups attached to an aromatic ring is 1. The SMILES string of the molecule is CN(Cc1cccs1)c1nnc(N)o1. The summed E-state index contributed by atoms with van der Waals surface area (Å²) in [6.45, 7) is 0.749. The molecule has 74 valence electrons. The maximum absolute atomic E-state index is 5.33. The Bertz CT molecular complexity index is 397. The van der Waals surface area contributed by atoms with Crippen molar-refractivity contribution in [2.24, 2.45) is 0 Å². The number of thiophene rings is 1. The Morgan fingerprint density at radius 3 is 3.00 bits per heavy atom. The van der Waals surface area contributed by atoms with Gasteiger partial charge in [0.25, 0.3) is 0 Å². The van der Waals surface area contributed by atoms with E-state index in [0.717, 1.165) is 6.54 Å². The molecule has 0 fully saturated rings. The number of hydrogen-bond donors (Lipinski definition) is 1. The summed E-state index contributed by atoms with van der Waals surface area (Å²) in [5.41, 5.74) is 5.33. The first-order valence-corrected chi connectivity index (χ1v) is 4.96. The lowest BCUT2D eigenvalue weighted by Gasteiger charge is -2.11. The molecule has 14 heavy (non-hydrogen) atoms. The molecule has 2 aromatic rings. The molecular weight excluding hydrogens is 200 g/mol. The summed E-state index contributed by atoms with van der Waals surface area (Å²) in [6, 6.07) is 4.60. The van der Waals surface area contributed by atoms with Crippen molar-refractivity contribution in [1.29, 1.82) is 0 Å². The lowest BCUT2D eigenvalue weighted by atomic mass is 10.4. The van der Waals surface area contributed by atoms with Gasteiger partial charge in [-0.15, -0.1) is 11.3 Å². The number of aromatic nitrogens is 2. The average Bonchev–Trinajstić information content (AvgIpc) is 2.75. The van der Waals surface area contributed by atoms with E-state index in [9.17, 15) is 0 Å². The van der Waals surface area contributed by atoms with Gasteiger partial charge < -0.3 is 15.1 Å². The van der Waals surface area contributed by atoms with Crippen LogP contribution in [0.3, 0.4) is 0 Å². The van der Waals surface area contributed by atoms with E-state index in [1.165, 1.54) is 4.88 Å². The van der Waals surface area contributed by atoms with Crippen LogP contribution in [0.1, 0.15) is 4.88 Å². The molecule has 0 aliphatic carbocycles. The van der Waals surface area contributed by atoms with Gasteiger partial charge in [0, 0.05) is 11.9 Å². The third kappa shape index (κ3) is 1.85. The van der Waals surface area contributed by atoms with E-state index >= 15 is 0 Å². The van der Waals surface area contributed by atoms with Crippen molar-refractivity contribution in [3.05, 3.63) is 22.4 Å². The molecule has 0 aliphatic rings. The smallest absolute Gasteiger partial charge is 0.319 e. The fraction of sp³-hybridized carbons (Fsp3) is 0.250. The quantitative estimate of drug-likeness (QED) is 0.828. The highest BCUT2D eigenvalue weighted by Crippen LogP contribution is 2.16. The van der Waals surface area contributed by atoms with E-state index < -0.39 is 0 Å². The van der Waals surface area contributed by atoms with Gasteiger partial charge in [-0.2, -0.15) is 0 Å². The molecule has 0 amide bonds. The fourth-order valence-corrected chi connectivity index (χ4v) is 1.84. The first-order chi connectivity index (χ1) is 6.75. The zero-order chi connectivity index (χ0) is 9.97. The highest BCUT2D eigenvalue weighted by Gasteiger charge is 2.09. The second kappa shape index (κ2) is 3.67. The summed E-state index contributed by atoms with van der Waals surface area (Å²) in [4.78, 5) is 3.10. The standard InChI is InChI=1S/C8H10N4OS/c1-12(5-6-3-2-4-14-6)8-11-10-7(9)13-8/h2-4H,5H2,1H3,(H2,9,10). The molecule has 2 heterocycles. The zero-order valence-electron chi connectivity index (χ0n) is 7.67. The molecule has 0 atom stereocenters. The monoisotopic (exact) mass is 210 g/mol. The molecule has 0 spiro atoms. The highest BCUT2D eigenvalue weighted by atomic mass is 32.1. The van der Waals surface area contributed by atoms with Crippen LogP contribution in [0.15, 0.2) is 21.9 Å². The predicted octanol–water partition coefficient (Wildman–Crippen LogP) is 1.35. The van der Waals surface area contributed by atoms with Crippen molar-refractivity contribution in [3.8, 4) is 0 Å². The van der Waals surface area contributed by atoms with Crippen molar-refractivity contribution < 1.29 is 4.42 Å². The molecule has 2 N–H and O–H groups in total. The van der Waals surface area contributed by atoms with E-state index in [1.54, 1.807) is 11.3 Å². The lowest BCUT2D eigenvalue weighted by molar-refractivity contribution is 0.560. The Balaban J connectivity index is 2.06. The van der Waals surface area contributed by atoms with E-state index in [1.807, 2.05) is 23.4 Å². The van der Waals surface area contributed by atoms with Crippen LogP contribution in [0.2, 0.25) is 0 Å². The third-order valence-electron chi connectivity index (χ3n) is 1.73. The minimum Gasteiger partial charge on any atom is -0.390 e. The first kappa shape index (κ1) is 9.01. The summed E-state index contributed by atoms with van der Waals surface area (Å²) < 4.78 is 5.08. The minimum absolute atomic E-state index is 0.0954. The maximum atomic E-state index is 5.33. The topological polar surface area (TPSA) is 68.2 Å². The molecule has 6 heteroatoms. The van der Waals surface area contributed by atoms with Gasteiger partial charge in [-0.1, -0.05) is 16.3 Å². The number of anilines is 2. The Morgan fingerprint density at radius 2 is 2.43 bits per heavy atom. The molecular formula is C8H10N4OS. The maximum Gasteiger partial charge on any atom is 0.319 e. The predicted molar refractivity (Wildman–Crippen MR) is 55.1 cm³/mol. The zero-order valence-corrected chi connectivity index (χ0v) is 8.49. The highest BCUT2D eigenvalue weighted by molar-refractivity contribution is 7.09. The van der Waals surface area contributed by atoms with Crippen molar-refractivity contribution >= 4 is 23.4 Å².